The minimum Gasteiger partial charge on any atom is -0.316 e. The Morgan fingerprint density at radius 2 is 2.14 bits per heavy atom. The second kappa shape index (κ2) is 4.01. The average molecular weight is 197 g/mol. The summed E-state index contributed by atoms with van der Waals surface area (Å²) in [5.74, 6) is 1.55. The number of carbonyl (C=O) groups is 1. The van der Waals surface area contributed by atoms with Gasteiger partial charge in [-0.2, -0.15) is 0 Å². The first-order valence-electron chi connectivity index (χ1n) is 5.56. The molecular weight excluding hydrogens is 174 g/mol. The molecule has 1 saturated carbocycles. The Hall–Kier alpha value is -0.370. The summed E-state index contributed by atoms with van der Waals surface area (Å²) in [5.41, 5.74) is 0.351. The fraction of sp³-hybridized carbons (Fsp3) is 0.917. The van der Waals surface area contributed by atoms with Crippen LogP contribution < -0.4 is 5.32 Å². The summed E-state index contributed by atoms with van der Waals surface area (Å²) in [6.45, 7) is 8.51. The van der Waals surface area contributed by atoms with E-state index in [-0.39, 0.29) is 0 Å². The van der Waals surface area contributed by atoms with Gasteiger partial charge in [0, 0.05) is 12.5 Å². The molecule has 0 heterocycles. The molecule has 14 heavy (non-hydrogen) atoms. The van der Waals surface area contributed by atoms with Gasteiger partial charge >= 0.3 is 0 Å². The van der Waals surface area contributed by atoms with Crippen molar-refractivity contribution in [3.63, 3.8) is 0 Å². The van der Waals surface area contributed by atoms with Crippen molar-refractivity contribution in [3.8, 4) is 0 Å². The third-order valence-corrected chi connectivity index (χ3v) is 3.99. The van der Waals surface area contributed by atoms with E-state index in [1.165, 1.54) is 6.42 Å². The van der Waals surface area contributed by atoms with Gasteiger partial charge in [-0.3, -0.25) is 0 Å². The van der Waals surface area contributed by atoms with Gasteiger partial charge in [-0.05, 0) is 37.6 Å². The van der Waals surface area contributed by atoms with Gasteiger partial charge in [0.25, 0.3) is 0 Å². The van der Waals surface area contributed by atoms with Gasteiger partial charge in [-0.1, -0.05) is 20.8 Å². The van der Waals surface area contributed by atoms with Crippen LogP contribution in [0.2, 0.25) is 0 Å². The summed E-state index contributed by atoms with van der Waals surface area (Å²) in [6.07, 6.45) is 1.96. The Balaban J connectivity index is 2.52. The van der Waals surface area contributed by atoms with Crippen LogP contribution in [0.4, 0.5) is 0 Å². The van der Waals surface area contributed by atoms with Crippen LogP contribution in [-0.2, 0) is 4.79 Å². The Morgan fingerprint density at radius 1 is 1.57 bits per heavy atom. The predicted molar refractivity (Wildman–Crippen MR) is 59.2 cm³/mol. The van der Waals surface area contributed by atoms with E-state index in [1.807, 2.05) is 7.05 Å². The molecule has 0 aliphatic heterocycles. The third-order valence-electron chi connectivity index (χ3n) is 3.99. The maximum Gasteiger partial charge on any atom is 0.130 e. The van der Waals surface area contributed by atoms with E-state index in [0.717, 1.165) is 6.42 Å². The van der Waals surface area contributed by atoms with E-state index in [4.69, 9.17) is 0 Å². The molecule has 0 amide bonds. The maximum absolute atomic E-state index is 11.0. The van der Waals surface area contributed by atoms with E-state index in [9.17, 15) is 4.79 Å². The van der Waals surface area contributed by atoms with Crippen molar-refractivity contribution in [2.45, 2.75) is 46.6 Å². The zero-order valence-electron chi connectivity index (χ0n) is 10.1. The molecule has 0 radical (unpaired) electrons. The summed E-state index contributed by atoms with van der Waals surface area (Å²) < 4.78 is 0. The van der Waals surface area contributed by atoms with E-state index >= 15 is 0 Å². The minimum absolute atomic E-state index is 0.321. The molecule has 2 nitrogen and oxygen atoms in total. The first-order valence-corrected chi connectivity index (χ1v) is 5.56. The van der Waals surface area contributed by atoms with E-state index in [1.54, 1.807) is 6.92 Å². The normalized spacial score (nSPS) is 32.1. The maximum atomic E-state index is 11.0. The molecular formula is C12H23NO. The smallest absolute Gasteiger partial charge is 0.130 e. The molecule has 3 atom stereocenters. The number of Topliss-reactive ketones (excluding diaryl/α,β-unsaturated/α-hetero) is 1. The summed E-state index contributed by atoms with van der Waals surface area (Å²) in [5, 5.41) is 3.34. The summed E-state index contributed by atoms with van der Waals surface area (Å²) in [7, 11) is 2.03. The summed E-state index contributed by atoms with van der Waals surface area (Å²) >= 11 is 0. The van der Waals surface area contributed by atoms with Crippen molar-refractivity contribution in [1.29, 1.82) is 0 Å². The molecule has 82 valence electrons. The molecule has 0 spiro atoms. The zero-order chi connectivity index (χ0) is 10.9. The third kappa shape index (κ3) is 2.00. The van der Waals surface area contributed by atoms with E-state index in [0.29, 0.717) is 29.1 Å². The molecule has 0 bridgehead atoms. The van der Waals surface area contributed by atoms with Crippen LogP contribution in [0, 0.1) is 17.3 Å². The standard InChI is InChI=1S/C12H23NO/c1-8(6-9(2)14)10-7-11(13-5)12(10,3)4/h8,10-11,13H,6-7H2,1-5H3. The topological polar surface area (TPSA) is 29.1 Å². The first kappa shape index (κ1) is 11.7. The molecule has 1 aliphatic rings. The SMILES string of the molecule is CNC1CC(C(C)CC(C)=O)C1(C)C. The number of carbonyl (C=O) groups excluding carboxylic acids is 1. The van der Waals surface area contributed by atoms with Crippen LogP contribution in [0.25, 0.3) is 0 Å². The fourth-order valence-corrected chi connectivity index (χ4v) is 3.01. The number of ketones is 1. The lowest BCUT2D eigenvalue weighted by Crippen LogP contribution is -2.57. The monoisotopic (exact) mass is 197 g/mol. The Labute approximate surface area is 87.5 Å². The molecule has 1 rings (SSSR count). The first-order chi connectivity index (χ1) is 6.39. The van der Waals surface area contributed by atoms with Crippen molar-refractivity contribution in [3.05, 3.63) is 0 Å². The summed E-state index contributed by atoms with van der Waals surface area (Å²) in [6, 6.07) is 0.627. The number of hydrogen-bond acceptors (Lipinski definition) is 2. The van der Waals surface area contributed by atoms with Gasteiger partial charge in [0.15, 0.2) is 0 Å². The molecule has 2 heteroatoms. The number of nitrogens with one attached hydrogen (secondary N) is 1. The highest BCUT2D eigenvalue weighted by Crippen LogP contribution is 2.50. The van der Waals surface area contributed by atoms with Crippen molar-refractivity contribution in [1.82, 2.24) is 5.32 Å². The number of hydrogen-bond donors (Lipinski definition) is 1. The molecule has 0 aromatic rings. The average Bonchev–Trinajstić information content (AvgIpc) is 2.01. The molecule has 0 aromatic carbocycles. The van der Waals surface area contributed by atoms with E-state index in [2.05, 4.69) is 26.1 Å². The van der Waals surface area contributed by atoms with Gasteiger partial charge < -0.3 is 10.1 Å². The Kier molecular flexibility index (Phi) is 3.36. The van der Waals surface area contributed by atoms with Gasteiger partial charge in [-0.25, -0.2) is 0 Å². The van der Waals surface area contributed by atoms with Crippen LogP contribution in [0.3, 0.4) is 0 Å². The van der Waals surface area contributed by atoms with Crippen LogP contribution in [0.1, 0.15) is 40.5 Å². The molecule has 3 unspecified atom stereocenters. The van der Waals surface area contributed by atoms with Gasteiger partial charge in [0.2, 0.25) is 0 Å². The van der Waals surface area contributed by atoms with Crippen molar-refractivity contribution >= 4 is 5.78 Å². The van der Waals surface area contributed by atoms with Crippen LogP contribution in [-0.4, -0.2) is 18.9 Å². The number of rotatable bonds is 4. The van der Waals surface area contributed by atoms with E-state index < -0.39 is 0 Å². The molecule has 1 fully saturated rings. The fourth-order valence-electron chi connectivity index (χ4n) is 3.01. The lowest BCUT2D eigenvalue weighted by Gasteiger charge is -2.54. The quantitative estimate of drug-likeness (QED) is 0.749. The van der Waals surface area contributed by atoms with Gasteiger partial charge in [0.05, 0.1) is 0 Å². The van der Waals surface area contributed by atoms with Gasteiger partial charge in [-0.15, -0.1) is 0 Å². The Bertz CT molecular complexity index is 222. The second-order valence-electron chi connectivity index (χ2n) is 5.39. The van der Waals surface area contributed by atoms with Crippen LogP contribution in [0.15, 0.2) is 0 Å². The van der Waals surface area contributed by atoms with Crippen molar-refractivity contribution in [2.75, 3.05) is 7.05 Å². The van der Waals surface area contributed by atoms with Crippen molar-refractivity contribution < 1.29 is 4.79 Å². The highest BCUT2D eigenvalue weighted by molar-refractivity contribution is 5.75. The highest BCUT2D eigenvalue weighted by atomic mass is 16.1. The predicted octanol–water partition coefficient (Wildman–Crippen LogP) is 2.24. The minimum atomic E-state index is 0.321. The zero-order valence-corrected chi connectivity index (χ0v) is 10.1. The van der Waals surface area contributed by atoms with Gasteiger partial charge in [0.1, 0.15) is 5.78 Å². The van der Waals surface area contributed by atoms with Crippen LogP contribution in [0.5, 0.6) is 0 Å². The molecule has 0 saturated heterocycles. The largest absolute Gasteiger partial charge is 0.316 e. The molecule has 1 N–H and O–H groups in total. The lowest BCUT2D eigenvalue weighted by molar-refractivity contribution is -0.119. The van der Waals surface area contributed by atoms with Crippen molar-refractivity contribution in [2.24, 2.45) is 17.3 Å². The second-order valence-corrected chi connectivity index (χ2v) is 5.39. The molecule has 0 aromatic heterocycles. The summed E-state index contributed by atoms with van der Waals surface area (Å²) in [4.78, 5) is 11.0. The highest BCUT2D eigenvalue weighted by Gasteiger charge is 2.49. The molecule has 1 aliphatic carbocycles. The van der Waals surface area contributed by atoms with Crippen LogP contribution >= 0.6 is 0 Å². The Morgan fingerprint density at radius 3 is 2.50 bits per heavy atom. The lowest BCUT2D eigenvalue weighted by atomic mass is 9.54.